The van der Waals surface area contributed by atoms with Crippen LogP contribution in [0.2, 0.25) is 5.15 Å². The van der Waals surface area contributed by atoms with Gasteiger partial charge in [0.2, 0.25) is 0 Å². The van der Waals surface area contributed by atoms with Crippen LogP contribution < -0.4 is 5.32 Å². The molecule has 0 saturated heterocycles. The van der Waals surface area contributed by atoms with Gasteiger partial charge in [-0.25, -0.2) is 4.98 Å². The Hall–Kier alpha value is -1.99. The van der Waals surface area contributed by atoms with Gasteiger partial charge in [0.1, 0.15) is 11.3 Å². The lowest BCUT2D eigenvalue weighted by molar-refractivity contribution is -0.385. The van der Waals surface area contributed by atoms with Gasteiger partial charge >= 0.3 is 0 Å². The second-order valence-corrected chi connectivity index (χ2v) is 5.37. The molecule has 108 valence electrons. The summed E-state index contributed by atoms with van der Waals surface area (Å²) in [5, 5.41) is 13.3. The smallest absolute Gasteiger partial charge is 0.288 e. The predicted octanol–water partition coefficient (Wildman–Crippen LogP) is 3.97. The van der Waals surface area contributed by atoms with Crippen molar-refractivity contribution in [1.82, 2.24) is 4.98 Å². The Kier molecular flexibility index (Phi) is 4.54. The van der Waals surface area contributed by atoms with Crippen molar-refractivity contribution in [3.05, 3.63) is 61.3 Å². The standard InChI is InChI=1S/C13H9BrClN3O3/c1-7-10(14)3-2-4-11(7)17-13(19)9-5-8(18(20)21)6-16-12(9)15/h2-6H,1H3,(H,17,19). The molecule has 6 nitrogen and oxygen atoms in total. The molecule has 0 bridgehead atoms. The molecule has 0 saturated carbocycles. The Bertz CT molecular complexity index is 737. The van der Waals surface area contributed by atoms with Gasteiger partial charge in [0.25, 0.3) is 11.6 Å². The maximum absolute atomic E-state index is 12.2. The van der Waals surface area contributed by atoms with Crippen LogP contribution in [0, 0.1) is 17.0 Å². The first-order valence-corrected chi connectivity index (χ1v) is 6.93. The third kappa shape index (κ3) is 3.37. The highest BCUT2D eigenvalue weighted by molar-refractivity contribution is 9.10. The topological polar surface area (TPSA) is 85.1 Å². The van der Waals surface area contributed by atoms with E-state index >= 15 is 0 Å². The largest absolute Gasteiger partial charge is 0.322 e. The second kappa shape index (κ2) is 6.19. The number of halogens is 2. The zero-order valence-electron chi connectivity index (χ0n) is 10.8. The van der Waals surface area contributed by atoms with Crippen molar-refractivity contribution in [2.75, 3.05) is 5.32 Å². The first-order chi connectivity index (χ1) is 9.90. The number of nitrogens with one attached hydrogen (secondary N) is 1. The lowest BCUT2D eigenvalue weighted by Crippen LogP contribution is -2.14. The van der Waals surface area contributed by atoms with Gasteiger partial charge in [0.15, 0.2) is 0 Å². The van der Waals surface area contributed by atoms with Crippen LogP contribution in [0.4, 0.5) is 11.4 Å². The molecule has 8 heteroatoms. The molecule has 1 heterocycles. The summed E-state index contributed by atoms with van der Waals surface area (Å²) in [5.41, 5.74) is 1.07. The number of amides is 1. The summed E-state index contributed by atoms with van der Waals surface area (Å²) in [6, 6.07) is 6.42. The number of nitro groups is 1. The van der Waals surface area contributed by atoms with Crippen molar-refractivity contribution in [1.29, 1.82) is 0 Å². The highest BCUT2D eigenvalue weighted by Gasteiger charge is 2.18. The Balaban J connectivity index is 2.34. The van der Waals surface area contributed by atoms with Crippen LogP contribution in [0.1, 0.15) is 15.9 Å². The number of hydrogen-bond donors (Lipinski definition) is 1. The number of carbonyl (C=O) groups excluding carboxylic acids is 1. The lowest BCUT2D eigenvalue weighted by Gasteiger charge is -2.10. The Morgan fingerprint density at radius 2 is 2.19 bits per heavy atom. The fraction of sp³-hybridized carbons (Fsp3) is 0.0769. The van der Waals surface area contributed by atoms with Crippen molar-refractivity contribution in [2.24, 2.45) is 0 Å². The molecule has 0 spiro atoms. The third-order valence-corrected chi connectivity index (χ3v) is 3.96. The normalized spacial score (nSPS) is 10.2. The molecule has 0 aliphatic heterocycles. The number of aromatic nitrogens is 1. The van der Waals surface area contributed by atoms with Gasteiger partial charge in [-0.1, -0.05) is 33.6 Å². The number of rotatable bonds is 3. The maximum Gasteiger partial charge on any atom is 0.288 e. The van der Waals surface area contributed by atoms with E-state index in [4.69, 9.17) is 11.6 Å². The molecule has 0 fully saturated rings. The summed E-state index contributed by atoms with van der Waals surface area (Å²) in [6.45, 7) is 1.83. The van der Waals surface area contributed by atoms with E-state index in [9.17, 15) is 14.9 Å². The average molecular weight is 371 g/mol. The van der Waals surface area contributed by atoms with Crippen LogP contribution in [0.3, 0.4) is 0 Å². The van der Waals surface area contributed by atoms with Crippen LogP contribution in [0.5, 0.6) is 0 Å². The maximum atomic E-state index is 12.2. The van der Waals surface area contributed by atoms with Crippen LogP contribution in [-0.2, 0) is 0 Å². The van der Waals surface area contributed by atoms with Gasteiger partial charge < -0.3 is 5.32 Å². The Morgan fingerprint density at radius 3 is 2.86 bits per heavy atom. The molecule has 1 N–H and O–H groups in total. The van der Waals surface area contributed by atoms with Crippen LogP contribution >= 0.6 is 27.5 Å². The van der Waals surface area contributed by atoms with Crippen LogP contribution in [0.25, 0.3) is 0 Å². The molecule has 1 amide bonds. The van der Waals surface area contributed by atoms with Crippen LogP contribution in [-0.4, -0.2) is 15.8 Å². The Morgan fingerprint density at radius 1 is 1.48 bits per heavy atom. The molecule has 0 unspecified atom stereocenters. The van der Waals surface area contributed by atoms with E-state index < -0.39 is 10.8 Å². The van der Waals surface area contributed by atoms with E-state index in [0.29, 0.717) is 5.69 Å². The van der Waals surface area contributed by atoms with Crippen molar-refractivity contribution in [2.45, 2.75) is 6.92 Å². The predicted molar refractivity (Wildman–Crippen MR) is 82.7 cm³/mol. The fourth-order valence-corrected chi connectivity index (χ4v) is 2.18. The monoisotopic (exact) mass is 369 g/mol. The SMILES string of the molecule is Cc1c(Br)cccc1NC(=O)c1cc([N+](=O)[O-])cnc1Cl. The minimum atomic E-state index is -0.634. The number of nitrogens with zero attached hydrogens (tertiary/aromatic N) is 2. The van der Waals surface area contributed by atoms with E-state index in [1.54, 1.807) is 12.1 Å². The third-order valence-electron chi connectivity index (χ3n) is 2.80. The van der Waals surface area contributed by atoms with Crippen LogP contribution in [0.15, 0.2) is 34.9 Å². The highest BCUT2D eigenvalue weighted by atomic mass is 79.9. The Labute approximate surface area is 133 Å². The van der Waals surface area contributed by atoms with E-state index in [-0.39, 0.29) is 16.4 Å². The van der Waals surface area contributed by atoms with Gasteiger partial charge in [-0.15, -0.1) is 0 Å². The van der Waals surface area contributed by atoms with Gasteiger partial charge in [-0.05, 0) is 24.6 Å². The first-order valence-electron chi connectivity index (χ1n) is 5.76. The quantitative estimate of drug-likeness (QED) is 0.503. The van der Waals surface area contributed by atoms with Gasteiger partial charge in [-0.3, -0.25) is 14.9 Å². The van der Waals surface area contributed by atoms with Crippen molar-refractivity contribution < 1.29 is 9.72 Å². The molecule has 0 aliphatic carbocycles. The summed E-state index contributed by atoms with van der Waals surface area (Å²) in [5.74, 6) is -0.558. The lowest BCUT2D eigenvalue weighted by atomic mass is 10.2. The molecular weight excluding hydrogens is 362 g/mol. The number of anilines is 1. The minimum Gasteiger partial charge on any atom is -0.322 e. The molecule has 2 rings (SSSR count). The number of benzene rings is 1. The summed E-state index contributed by atoms with van der Waals surface area (Å²) < 4.78 is 0.837. The van der Waals surface area contributed by atoms with E-state index in [1.165, 1.54) is 0 Å². The molecule has 0 radical (unpaired) electrons. The summed E-state index contributed by atoms with van der Waals surface area (Å²) in [6.07, 6.45) is 1.00. The summed E-state index contributed by atoms with van der Waals surface area (Å²) >= 11 is 9.19. The number of carbonyl (C=O) groups is 1. The molecule has 21 heavy (non-hydrogen) atoms. The first kappa shape index (κ1) is 15.4. The number of pyridine rings is 1. The summed E-state index contributed by atoms with van der Waals surface area (Å²) in [4.78, 5) is 26.0. The van der Waals surface area contributed by atoms with Gasteiger partial charge in [0, 0.05) is 16.2 Å². The average Bonchev–Trinajstić information content (AvgIpc) is 2.44. The van der Waals surface area contributed by atoms with Crippen molar-refractivity contribution in [3.63, 3.8) is 0 Å². The van der Waals surface area contributed by atoms with E-state index in [2.05, 4.69) is 26.2 Å². The van der Waals surface area contributed by atoms with E-state index in [1.807, 2.05) is 13.0 Å². The highest BCUT2D eigenvalue weighted by Crippen LogP contribution is 2.25. The zero-order chi connectivity index (χ0) is 15.6. The van der Waals surface area contributed by atoms with Crippen molar-refractivity contribution >= 4 is 44.8 Å². The molecular formula is C13H9BrClN3O3. The number of hydrogen-bond acceptors (Lipinski definition) is 4. The molecule has 2 aromatic rings. The van der Waals surface area contributed by atoms with Gasteiger partial charge in [-0.2, -0.15) is 0 Å². The second-order valence-electron chi connectivity index (χ2n) is 4.16. The molecule has 1 aromatic heterocycles. The van der Waals surface area contributed by atoms with Crippen molar-refractivity contribution in [3.8, 4) is 0 Å². The fourth-order valence-electron chi connectivity index (χ4n) is 1.63. The molecule has 0 aliphatic rings. The zero-order valence-corrected chi connectivity index (χ0v) is 13.1. The minimum absolute atomic E-state index is 0.0507. The summed E-state index contributed by atoms with van der Waals surface area (Å²) in [7, 11) is 0. The molecule has 0 atom stereocenters. The van der Waals surface area contributed by atoms with Gasteiger partial charge in [0.05, 0.1) is 10.5 Å². The molecule has 1 aromatic carbocycles. The van der Waals surface area contributed by atoms with E-state index in [0.717, 1.165) is 22.3 Å².